The van der Waals surface area contributed by atoms with Crippen molar-refractivity contribution in [1.29, 1.82) is 0 Å². The topological polar surface area (TPSA) is 52.5 Å². The second-order valence-electron chi connectivity index (χ2n) is 8.95. The van der Waals surface area contributed by atoms with Crippen molar-refractivity contribution < 1.29 is 10.2 Å². The predicted octanol–water partition coefficient (Wildman–Crippen LogP) is 4.09. The quantitative estimate of drug-likeness (QED) is 0.765. The average Bonchev–Trinajstić information content (AvgIpc) is 2.37. The van der Waals surface area contributed by atoms with E-state index in [1.807, 2.05) is 0 Å². The number of hydrogen-bond donors (Lipinski definition) is 3. The minimum absolute atomic E-state index is 0.0247. The molecule has 0 amide bonds. The van der Waals surface area contributed by atoms with E-state index in [4.69, 9.17) is 0 Å². The van der Waals surface area contributed by atoms with Crippen molar-refractivity contribution in [3.05, 3.63) is 28.8 Å². The van der Waals surface area contributed by atoms with Crippen molar-refractivity contribution in [1.82, 2.24) is 5.32 Å². The number of rotatable bonds is 5. The van der Waals surface area contributed by atoms with Crippen LogP contribution in [0, 0.1) is 5.92 Å². The molecule has 1 aromatic carbocycles. The Hall–Kier alpha value is -1.06. The van der Waals surface area contributed by atoms with Crippen molar-refractivity contribution in [3.8, 4) is 5.75 Å². The lowest BCUT2D eigenvalue weighted by molar-refractivity contribution is 0.209. The Bertz CT molecular complexity index is 522. The highest BCUT2D eigenvalue weighted by atomic mass is 16.3. The summed E-state index contributed by atoms with van der Waals surface area (Å²) in [6, 6.07) is 4.25. The molecule has 0 spiro atoms. The average molecular weight is 322 g/mol. The Morgan fingerprint density at radius 2 is 1.57 bits per heavy atom. The smallest absolute Gasteiger partial charge is 0.123 e. The van der Waals surface area contributed by atoms with E-state index in [1.165, 1.54) is 5.56 Å². The Kier molecular flexibility index (Phi) is 6.28. The van der Waals surface area contributed by atoms with Gasteiger partial charge in [0.1, 0.15) is 5.75 Å². The van der Waals surface area contributed by atoms with E-state index >= 15 is 0 Å². The van der Waals surface area contributed by atoms with Gasteiger partial charge in [0, 0.05) is 18.2 Å². The molecule has 0 aliphatic carbocycles. The van der Waals surface area contributed by atoms with E-state index in [2.05, 4.69) is 72.8 Å². The third-order valence-electron chi connectivity index (χ3n) is 4.42. The Balaban J connectivity index is 3.25. The van der Waals surface area contributed by atoms with E-state index in [-0.39, 0.29) is 23.5 Å². The zero-order valence-electron chi connectivity index (χ0n) is 16.1. The Labute approximate surface area is 142 Å². The van der Waals surface area contributed by atoms with Gasteiger partial charge < -0.3 is 15.5 Å². The highest BCUT2D eigenvalue weighted by molar-refractivity contribution is 5.48. The van der Waals surface area contributed by atoms with E-state index < -0.39 is 0 Å². The SMILES string of the molecule is CC(C)C(CO)NCc1cc(C(C)(C)C)cc(C(C)(C)C)c1O. The zero-order chi connectivity index (χ0) is 18.0. The van der Waals surface area contributed by atoms with Crippen LogP contribution in [0.2, 0.25) is 0 Å². The van der Waals surface area contributed by atoms with Gasteiger partial charge in [-0.25, -0.2) is 0 Å². The third kappa shape index (κ3) is 5.22. The predicted molar refractivity (Wildman–Crippen MR) is 98.1 cm³/mol. The molecule has 0 radical (unpaired) electrons. The fourth-order valence-electron chi connectivity index (χ4n) is 2.59. The van der Waals surface area contributed by atoms with Gasteiger partial charge in [0.2, 0.25) is 0 Å². The Morgan fingerprint density at radius 3 is 1.96 bits per heavy atom. The first-order valence-electron chi connectivity index (χ1n) is 8.59. The van der Waals surface area contributed by atoms with Gasteiger partial charge in [0.05, 0.1) is 6.61 Å². The van der Waals surface area contributed by atoms with Crippen LogP contribution in [0.4, 0.5) is 0 Å². The number of aromatic hydroxyl groups is 1. The molecule has 3 heteroatoms. The molecule has 23 heavy (non-hydrogen) atoms. The van der Waals surface area contributed by atoms with E-state index in [1.54, 1.807) is 0 Å². The van der Waals surface area contributed by atoms with Crippen LogP contribution in [0.3, 0.4) is 0 Å². The van der Waals surface area contributed by atoms with Gasteiger partial charge in [-0.05, 0) is 27.9 Å². The molecule has 1 rings (SSSR count). The van der Waals surface area contributed by atoms with Crippen LogP contribution in [0.1, 0.15) is 72.1 Å². The summed E-state index contributed by atoms with van der Waals surface area (Å²) >= 11 is 0. The first-order valence-corrected chi connectivity index (χ1v) is 8.59. The van der Waals surface area contributed by atoms with Gasteiger partial charge in [-0.1, -0.05) is 67.5 Å². The van der Waals surface area contributed by atoms with Crippen molar-refractivity contribution in [2.45, 2.75) is 78.8 Å². The maximum Gasteiger partial charge on any atom is 0.123 e. The summed E-state index contributed by atoms with van der Waals surface area (Å²) in [4.78, 5) is 0. The van der Waals surface area contributed by atoms with Crippen LogP contribution >= 0.6 is 0 Å². The van der Waals surface area contributed by atoms with Gasteiger partial charge in [-0.15, -0.1) is 0 Å². The highest BCUT2D eigenvalue weighted by Crippen LogP contribution is 2.37. The largest absolute Gasteiger partial charge is 0.507 e. The summed E-state index contributed by atoms with van der Waals surface area (Å²) in [5.74, 6) is 0.716. The minimum atomic E-state index is -0.117. The lowest BCUT2D eigenvalue weighted by atomic mass is 9.79. The maximum absolute atomic E-state index is 10.7. The van der Waals surface area contributed by atoms with E-state index in [9.17, 15) is 10.2 Å². The molecule has 0 bridgehead atoms. The molecule has 0 fully saturated rings. The molecule has 132 valence electrons. The van der Waals surface area contributed by atoms with Crippen LogP contribution in [0.25, 0.3) is 0 Å². The normalized spacial score (nSPS) is 14.3. The number of aliphatic hydroxyl groups excluding tert-OH is 1. The molecular weight excluding hydrogens is 286 g/mol. The van der Waals surface area contributed by atoms with E-state index in [0.717, 1.165) is 11.1 Å². The summed E-state index contributed by atoms with van der Waals surface area (Å²) in [5.41, 5.74) is 3.01. The van der Waals surface area contributed by atoms with Crippen molar-refractivity contribution in [2.24, 2.45) is 5.92 Å². The summed E-state index contributed by atoms with van der Waals surface area (Å²) in [6.07, 6.45) is 0. The Morgan fingerprint density at radius 1 is 1.00 bits per heavy atom. The summed E-state index contributed by atoms with van der Waals surface area (Å²) in [6.45, 7) is 17.8. The first-order chi connectivity index (χ1) is 10.4. The molecule has 1 atom stereocenters. The second kappa shape index (κ2) is 7.23. The number of nitrogens with one attached hydrogen (secondary N) is 1. The summed E-state index contributed by atoms with van der Waals surface area (Å²) in [7, 11) is 0. The second-order valence-corrected chi connectivity index (χ2v) is 8.95. The summed E-state index contributed by atoms with van der Waals surface area (Å²) < 4.78 is 0. The number of benzene rings is 1. The van der Waals surface area contributed by atoms with Crippen molar-refractivity contribution in [3.63, 3.8) is 0 Å². The zero-order valence-corrected chi connectivity index (χ0v) is 16.1. The standard InChI is InChI=1S/C20H35NO2/c1-13(2)17(12-22)21-11-14-9-15(19(3,4)5)10-16(18(14)23)20(6,7)8/h9-10,13,17,21-23H,11-12H2,1-8H3. The molecule has 3 N–H and O–H groups in total. The number of aliphatic hydroxyl groups is 1. The number of phenols is 1. The van der Waals surface area contributed by atoms with Crippen LogP contribution in [0.5, 0.6) is 5.75 Å². The first kappa shape index (κ1) is 20.0. The van der Waals surface area contributed by atoms with E-state index in [0.29, 0.717) is 18.2 Å². The molecular formula is C20H35NO2. The lowest BCUT2D eigenvalue weighted by Gasteiger charge is -2.28. The molecule has 3 nitrogen and oxygen atoms in total. The number of hydrogen-bond acceptors (Lipinski definition) is 3. The minimum Gasteiger partial charge on any atom is -0.507 e. The fraction of sp³-hybridized carbons (Fsp3) is 0.700. The van der Waals surface area contributed by atoms with Gasteiger partial charge in [-0.2, -0.15) is 0 Å². The summed E-state index contributed by atoms with van der Waals surface area (Å²) in [5, 5.41) is 23.6. The molecule has 0 heterocycles. The molecule has 0 saturated heterocycles. The van der Waals surface area contributed by atoms with Crippen LogP contribution in [-0.4, -0.2) is 22.9 Å². The van der Waals surface area contributed by atoms with Crippen LogP contribution in [0.15, 0.2) is 12.1 Å². The van der Waals surface area contributed by atoms with Crippen LogP contribution in [-0.2, 0) is 17.4 Å². The highest BCUT2D eigenvalue weighted by Gasteiger charge is 2.25. The van der Waals surface area contributed by atoms with Gasteiger partial charge in [-0.3, -0.25) is 0 Å². The van der Waals surface area contributed by atoms with Gasteiger partial charge in [0.25, 0.3) is 0 Å². The molecule has 0 aliphatic heterocycles. The van der Waals surface area contributed by atoms with Gasteiger partial charge >= 0.3 is 0 Å². The van der Waals surface area contributed by atoms with Gasteiger partial charge in [0.15, 0.2) is 0 Å². The van der Waals surface area contributed by atoms with Crippen LogP contribution < -0.4 is 5.32 Å². The molecule has 0 saturated carbocycles. The molecule has 1 unspecified atom stereocenters. The molecule has 0 aromatic heterocycles. The lowest BCUT2D eigenvalue weighted by Crippen LogP contribution is -2.36. The maximum atomic E-state index is 10.7. The number of phenolic OH excluding ortho intramolecular Hbond substituents is 1. The van der Waals surface area contributed by atoms with Crippen molar-refractivity contribution in [2.75, 3.05) is 6.61 Å². The fourth-order valence-corrected chi connectivity index (χ4v) is 2.59. The third-order valence-corrected chi connectivity index (χ3v) is 4.42. The molecule has 1 aromatic rings. The van der Waals surface area contributed by atoms with Crippen molar-refractivity contribution >= 4 is 0 Å². The molecule has 0 aliphatic rings. The monoisotopic (exact) mass is 321 g/mol.